The third kappa shape index (κ3) is 3.95. The van der Waals surface area contributed by atoms with Crippen LogP contribution in [0.2, 0.25) is 0 Å². The van der Waals surface area contributed by atoms with Gasteiger partial charge in [-0.3, -0.25) is 9.36 Å². The number of nitrogens with zero attached hydrogens (tertiary/aromatic N) is 3. The molecule has 2 aromatic carbocycles. The summed E-state index contributed by atoms with van der Waals surface area (Å²) >= 11 is 2.91. The Morgan fingerprint density at radius 3 is 2.79 bits per heavy atom. The lowest BCUT2D eigenvalue weighted by Gasteiger charge is -2.11. The second-order valence-electron chi connectivity index (χ2n) is 6.70. The van der Waals surface area contributed by atoms with E-state index >= 15 is 0 Å². The quantitative estimate of drug-likeness (QED) is 0.465. The number of hydrogen-bond donors (Lipinski definition) is 1. The van der Waals surface area contributed by atoms with Crippen molar-refractivity contribution in [2.24, 2.45) is 0 Å². The number of aromatic nitrogens is 3. The van der Waals surface area contributed by atoms with Crippen LogP contribution in [-0.2, 0) is 4.79 Å². The Hall–Kier alpha value is -2.64. The van der Waals surface area contributed by atoms with Crippen molar-refractivity contribution in [2.45, 2.75) is 25.9 Å². The maximum atomic E-state index is 12.4. The van der Waals surface area contributed by atoms with Gasteiger partial charge in [-0.25, -0.2) is 9.97 Å². The van der Waals surface area contributed by atoms with E-state index < -0.39 is 0 Å². The fraction of sp³-hybridized carbons (Fsp3) is 0.190. The van der Waals surface area contributed by atoms with Crippen LogP contribution in [0, 0.1) is 20.8 Å². The summed E-state index contributed by atoms with van der Waals surface area (Å²) in [5, 5.41) is 4.33. The Labute approximate surface area is 171 Å². The minimum absolute atomic E-state index is 0.0868. The van der Waals surface area contributed by atoms with Crippen molar-refractivity contribution < 1.29 is 4.79 Å². The smallest absolute Gasteiger partial charge is 0.236 e. The molecule has 2 heterocycles. The third-order valence-electron chi connectivity index (χ3n) is 4.35. The first-order valence-corrected chi connectivity index (χ1v) is 10.7. The highest BCUT2D eigenvalue weighted by Gasteiger charge is 2.12. The molecule has 4 rings (SSSR count). The lowest BCUT2D eigenvalue weighted by molar-refractivity contribution is -0.113. The van der Waals surface area contributed by atoms with Crippen molar-refractivity contribution in [2.75, 3.05) is 11.1 Å². The van der Waals surface area contributed by atoms with Gasteiger partial charge in [0.25, 0.3) is 0 Å². The van der Waals surface area contributed by atoms with Crippen LogP contribution in [0.3, 0.4) is 0 Å². The fourth-order valence-electron chi connectivity index (χ4n) is 2.93. The Bertz CT molecular complexity index is 1160. The predicted molar refractivity (Wildman–Crippen MR) is 117 cm³/mol. The first kappa shape index (κ1) is 18.7. The molecule has 0 spiro atoms. The second-order valence-corrected chi connectivity index (χ2v) is 8.67. The molecule has 1 N–H and O–H groups in total. The number of benzene rings is 2. The van der Waals surface area contributed by atoms with Gasteiger partial charge in [0.05, 0.1) is 21.7 Å². The summed E-state index contributed by atoms with van der Waals surface area (Å²) in [6.07, 6.45) is 3.69. The zero-order chi connectivity index (χ0) is 19.7. The largest absolute Gasteiger partial charge is 0.301 e. The normalized spacial score (nSPS) is 11.1. The van der Waals surface area contributed by atoms with Gasteiger partial charge in [0.15, 0.2) is 10.3 Å². The zero-order valence-corrected chi connectivity index (χ0v) is 17.5. The van der Waals surface area contributed by atoms with Crippen LogP contribution in [0.5, 0.6) is 0 Å². The predicted octanol–water partition coefficient (Wildman–Crippen LogP) is 5.14. The van der Waals surface area contributed by atoms with E-state index in [1.807, 2.05) is 29.8 Å². The number of carbonyl (C=O) groups is 1. The lowest BCUT2D eigenvalue weighted by Crippen LogP contribution is -2.14. The molecule has 7 heteroatoms. The molecule has 0 aliphatic heterocycles. The molecule has 5 nitrogen and oxygen atoms in total. The number of hydrogen-bond acceptors (Lipinski definition) is 5. The summed E-state index contributed by atoms with van der Waals surface area (Å²) in [6, 6.07) is 12.4. The Morgan fingerprint density at radius 1 is 1.14 bits per heavy atom. The van der Waals surface area contributed by atoms with Crippen molar-refractivity contribution in [1.29, 1.82) is 0 Å². The van der Waals surface area contributed by atoms with Gasteiger partial charge >= 0.3 is 0 Å². The first-order valence-electron chi connectivity index (χ1n) is 8.90. The van der Waals surface area contributed by atoms with Crippen LogP contribution in [0.1, 0.15) is 16.7 Å². The molecule has 0 fully saturated rings. The van der Waals surface area contributed by atoms with Crippen LogP contribution in [-0.4, -0.2) is 26.2 Å². The van der Waals surface area contributed by atoms with Gasteiger partial charge in [-0.15, -0.1) is 0 Å². The average molecular weight is 409 g/mol. The fourth-order valence-corrected chi connectivity index (χ4v) is 4.68. The molecule has 1 amide bonds. The third-order valence-corrected chi connectivity index (χ3v) is 6.25. The van der Waals surface area contributed by atoms with Crippen molar-refractivity contribution in [3.8, 4) is 5.69 Å². The van der Waals surface area contributed by atoms with E-state index in [1.165, 1.54) is 39.8 Å². The topological polar surface area (TPSA) is 59.8 Å². The Kier molecular flexibility index (Phi) is 5.19. The van der Waals surface area contributed by atoms with Crippen molar-refractivity contribution >= 4 is 44.4 Å². The van der Waals surface area contributed by atoms with Gasteiger partial charge in [-0.2, -0.15) is 0 Å². The van der Waals surface area contributed by atoms with Crippen LogP contribution in [0.15, 0.2) is 53.9 Å². The SMILES string of the molecule is Cc1ccc(C)c(-n2ccnc2SCC(=O)Nc2nc3ccc(C)cc3s2)c1. The second kappa shape index (κ2) is 7.77. The first-order chi connectivity index (χ1) is 13.5. The van der Waals surface area contributed by atoms with Crippen molar-refractivity contribution in [1.82, 2.24) is 14.5 Å². The standard InChI is InChI=1S/C21H20N4OS2/c1-13-4-6-15(3)17(10-13)25-9-8-22-21(25)27-12-19(26)24-20-23-16-7-5-14(2)11-18(16)28-20/h4-11H,12H2,1-3H3,(H,23,24,26). The minimum Gasteiger partial charge on any atom is -0.301 e. The van der Waals surface area contributed by atoms with Crippen LogP contribution >= 0.6 is 23.1 Å². The molecule has 0 saturated carbocycles. The Morgan fingerprint density at radius 2 is 1.93 bits per heavy atom. The molecule has 28 heavy (non-hydrogen) atoms. The molecule has 0 saturated heterocycles. The molecule has 0 unspecified atom stereocenters. The molecular weight excluding hydrogens is 388 g/mol. The van der Waals surface area contributed by atoms with Crippen molar-refractivity contribution in [3.05, 3.63) is 65.5 Å². The van der Waals surface area contributed by atoms with E-state index in [4.69, 9.17) is 0 Å². The van der Waals surface area contributed by atoms with Gasteiger partial charge in [0.1, 0.15) is 0 Å². The monoisotopic (exact) mass is 408 g/mol. The summed E-state index contributed by atoms with van der Waals surface area (Å²) in [4.78, 5) is 21.3. The van der Waals surface area contributed by atoms with Gasteiger partial charge < -0.3 is 5.32 Å². The summed E-state index contributed by atoms with van der Waals surface area (Å²) in [5.41, 5.74) is 5.53. The molecule has 0 aliphatic rings. The summed E-state index contributed by atoms with van der Waals surface area (Å²) in [6.45, 7) is 6.19. The number of imidazole rings is 1. The zero-order valence-electron chi connectivity index (χ0n) is 15.9. The highest BCUT2D eigenvalue weighted by Crippen LogP contribution is 2.27. The Balaban J connectivity index is 1.45. The maximum Gasteiger partial charge on any atom is 0.236 e. The van der Waals surface area contributed by atoms with Crippen LogP contribution < -0.4 is 5.32 Å². The van der Waals surface area contributed by atoms with Gasteiger partial charge in [-0.05, 0) is 55.7 Å². The molecule has 0 atom stereocenters. The van der Waals surface area contributed by atoms with E-state index in [0.29, 0.717) is 5.13 Å². The van der Waals surface area contributed by atoms with E-state index in [0.717, 1.165) is 21.1 Å². The van der Waals surface area contributed by atoms with E-state index in [9.17, 15) is 4.79 Å². The number of amides is 1. The molecule has 0 bridgehead atoms. The summed E-state index contributed by atoms with van der Waals surface area (Å²) in [5.74, 6) is 0.188. The number of thioether (sulfide) groups is 1. The van der Waals surface area contributed by atoms with E-state index in [-0.39, 0.29) is 11.7 Å². The number of nitrogens with one attached hydrogen (secondary N) is 1. The minimum atomic E-state index is -0.0868. The van der Waals surface area contributed by atoms with Gasteiger partial charge in [0.2, 0.25) is 5.91 Å². The molecule has 0 radical (unpaired) electrons. The number of anilines is 1. The van der Waals surface area contributed by atoms with Gasteiger partial charge in [-0.1, -0.05) is 41.3 Å². The number of aryl methyl sites for hydroxylation is 3. The highest BCUT2D eigenvalue weighted by molar-refractivity contribution is 7.99. The van der Waals surface area contributed by atoms with Crippen LogP contribution in [0.25, 0.3) is 15.9 Å². The van der Waals surface area contributed by atoms with Gasteiger partial charge in [0, 0.05) is 12.4 Å². The highest BCUT2D eigenvalue weighted by atomic mass is 32.2. The molecule has 2 aromatic heterocycles. The van der Waals surface area contributed by atoms with E-state index in [1.54, 1.807) is 6.20 Å². The van der Waals surface area contributed by atoms with Crippen LogP contribution in [0.4, 0.5) is 5.13 Å². The summed E-state index contributed by atoms with van der Waals surface area (Å²) in [7, 11) is 0. The average Bonchev–Trinajstić information content (AvgIpc) is 3.27. The number of rotatable bonds is 5. The lowest BCUT2D eigenvalue weighted by atomic mass is 10.1. The number of thiazole rings is 1. The van der Waals surface area contributed by atoms with E-state index in [2.05, 4.69) is 53.4 Å². The number of carbonyl (C=O) groups excluding carboxylic acids is 1. The molecule has 4 aromatic rings. The maximum absolute atomic E-state index is 12.4. The molecule has 0 aliphatic carbocycles. The number of fused-ring (bicyclic) bond motifs is 1. The summed E-state index contributed by atoms with van der Waals surface area (Å²) < 4.78 is 3.11. The molecular formula is C21H20N4OS2. The van der Waals surface area contributed by atoms with Crippen molar-refractivity contribution in [3.63, 3.8) is 0 Å². The molecule has 142 valence electrons.